The van der Waals surface area contributed by atoms with Gasteiger partial charge in [0.15, 0.2) is 0 Å². The highest BCUT2D eigenvalue weighted by atomic mass is 32.1. The summed E-state index contributed by atoms with van der Waals surface area (Å²) in [5, 5.41) is 5.72. The highest BCUT2D eigenvalue weighted by Crippen LogP contribution is 2.20. The summed E-state index contributed by atoms with van der Waals surface area (Å²) in [6, 6.07) is 0.343. The topological polar surface area (TPSA) is 37.8 Å². The van der Waals surface area contributed by atoms with Gasteiger partial charge in [-0.3, -0.25) is 0 Å². The summed E-state index contributed by atoms with van der Waals surface area (Å²) >= 11 is 3.49. The molecule has 1 unspecified atom stereocenters. The molecule has 5 heteroatoms. The fraction of sp³-hybridized carbons (Fsp3) is 0.455. The zero-order valence-electron chi connectivity index (χ0n) is 9.65. The second-order valence-electron chi connectivity index (χ2n) is 3.75. The number of rotatable bonds is 4. The molecule has 1 N–H and O–H groups in total. The van der Waals surface area contributed by atoms with Crippen molar-refractivity contribution in [1.29, 1.82) is 0 Å². The number of hydrogen-bond acceptors (Lipinski definition) is 5. The van der Waals surface area contributed by atoms with E-state index in [9.17, 15) is 0 Å². The molecule has 0 radical (unpaired) electrons. The van der Waals surface area contributed by atoms with Crippen LogP contribution in [-0.2, 0) is 6.54 Å². The average Bonchev–Trinajstić information content (AvgIpc) is 2.84. The second kappa shape index (κ2) is 5.03. The molecular weight excluding hydrogens is 238 g/mol. The molecule has 0 bridgehead atoms. The Morgan fingerprint density at radius 3 is 2.62 bits per heavy atom. The van der Waals surface area contributed by atoms with Gasteiger partial charge >= 0.3 is 0 Å². The molecule has 0 saturated carbocycles. The molecule has 0 aromatic carbocycles. The Morgan fingerprint density at radius 2 is 2.06 bits per heavy atom. The minimum Gasteiger partial charge on any atom is -0.303 e. The van der Waals surface area contributed by atoms with Crippen LogP contribution in [0.4, 0.5) is 0 Å². The molecule has 0 aliphatic heterocycles. The van der Waals surface area contributed by atoms with Crippen molar-refractivity contribution in [3.63, 3.8) is 0 Å². The van der Waals surface area contributed by atoms with Gasteiger partial charge in [0, 0.05) is 34.7 Å². The second-order valence-corrected chi connectivity index (χ2v) is 6.33. The van der Waals surface area contributed by atoms with Gasteiger partial charge in [-0.05, 0) is 20.8 Å². The molecule has 3 nitrogen and oxygen atoms in total. The van der Waals surface area contributed by atoms with Crippen molar-refractivity contribution in [3.05, 3.63) is 32.2 Å². The van der Waals surface area contributed by atoms with E-state index >= 15 is 0 Å². The highest BCUT2D eigenvalue weighted by Gasteiger charge is 2.08. The van der Waals surface area contributed by atoms with E-state index < -0.39 is 0 Å². The normalized spacial score (nSPS) is 12.9. The predicted molar refractivity (Wildman–Crippen MR) is 69.0 cm³/mol. The standard InChI is InChI=1S/C11H15N3S2/c1-7-4-14-11(15-7)6-12-8(2)10-5-13-9(3)16-10/h4-5,8,12H,6H2,1-3H3. The molecule has 0 aliphatic rings. The summed E-state index contributed by atoms with van der Waals surface area (Å²) in [5.41, 5.74) is 0. The summed E-state index contributed by atoms with van der Waals surface area (Å²) in [5.74, 6) is 0. The first-order valence-electron chi connectivity index (χ1n) is 5.22. The molecule has 0 amide bonds. The van der Waals surface area contributed by atoms with Crippen LogP contribution in [0.2, 0.25) is 0 Å². The van der Waals surface area contributed by atoms with Gasteiger partial charge in [0.1, 0.15) is 5.01 Å². The largest absolute Gasteiger partial charge is 0.303 e. The van der Waals surface area contributed by atoms with Crippen LogP contribution in [0.25, 0.3) is 0 Å². The van der Waals surface area contributed by atoms with Crippen molar-refractivity contribution in [2.45, 2.75) is 33.4 Å². The van der Waals surface area contributed by atoms with Crippen LogP contribution in [0.3, 0.4) is 0 Å². The summed E-state index contributed by atoms with van der Waals surface area (Å²) in [4.78, 5) is 11.1. The first-order chi connectivity index (χ1) is 7.65. The van der Waals surface area contributed by atoms with Gasteiger partial charge in [-0.15, -0.1) is 22.7 Å². The van der Waals surface area contributed by atoms with Crippen molar-refractivity contribution in [3.8, 4) is 0 Å². The van der Waals surface area contributed by atoms with E-state index in [-0.39, 0.29) is 0 Å². The number of thiazole rings is 2. The number of aromatic nitrogens is 2. The monoisotopic (exact) mass is 253 g/mol. The fourth-order valence-corrected chi connectivity index (χ4v) is 2.95. The quantitative estimate of drug-likeness (QED) is 0.910. The highest BCUT2D eigenvalue weighted by molar-refractivity contribution is 7.11. The maximum atomic E-state index is 4.33. The predicted octanol–water partition coefficient (Wildman–Crippen LogP) is 3.07. The SMILES string of the molecule is Cc1cnc(CNC(C)c2cnc(C)s2)s1. The fourth-order valence-electron chi connectivity index (χ4n) is 1.40. The van der Waals surface area contributed by atoms with E-state index in [1.54, 1.807) is 22.7 Å². The first kappa shape index (κ1) is 11.7. The van der Waals surface area contributed by atoms with Crippen LogP contribution in [-0.4, -0.2) is 9.97 Å². The third-order valence-corrected chi connectivity index (χ3v) is 4.30. The maximum Gasteiger partial charge on any atom is 0.107 e. The van der Waals surface area contributed by atoms with Gasteiger partial charge in [-0.1, -0.05) is 0 Å². The zero-order chi connectivity index (χ0) is 11.5. The molecule has 0 saturated heterocycles. The van der Waals surface area contributed by atoms with E-state index in [4.69, 9.17) is 0 Å². The molecule has 0 fully saturated rings. The maximum absolute atomic E-state index is 4.33. The van der Waals surface area contributed by atoms with Crippen LogP contribution in [0.15, 0.2) is 12.4 Å². The smallest absolute Gasteiger partial charge is 0.107 e. The van der Waals surface area contributed by atoms with Crippen LogP contribution < -0.4 is 5.32 Å². The van der Waals surface area contributed by atoms with Gasteiger partial charge in [-0.2, -0.15) is 0 Å². The molecule has 2 heterocycles. The Balaban J connectivity index is 1.91. The Labute approximate surface area is 104 Å². The first-order valence-corrected chi connectivity index (χ1v) is 6.85. The minimum atomic E-state index is 0.343. The lowest BCUT2D eigenvalue weighted by atomic mass is 10.3. The third-order valence-electron chi connectivity index (χ3n) is 2.29. The van der Waals surface area contributed by atoms with E-state index in [0.717, 1.165) is 16.6 Å². The summed E-state index contributed by atoms with van der Waals surface area (Å²) in [6.45, 7) is 7.10. The molecule has 86 valence electrons. The lowest BCUT2D eigenvalue weighted by molar-refractivity contribution is 0.580. The van der Waals surface area contributed by atoms with Gasteiger partial charge in [0.05, 0.1) is 5.01 Å². The third kappa shape index (κ3) is 2.87. The van der Waals surface area contributed by atoms with Crippen LogP contribution >= 0.6 is 22.7 Å². The van der Waals surface area contributed by atoms with Gasteiger partial charge < -0.3 is 5.32 Å². The van der Waals surface area contributed by atoms with Gasteiger partial charge in [0.2, 0.25) is 0 Å². The molecule has 2 aromatic rings. The zero-order valence-corrected chi connectivity index (χ0v) is 11.3. The van der Waals surface area contributed by atoms with Crippen molar-refractivity contribution in [1.82, 2.24) is 15.3 Å². The van der Waals surface area contributed by atoms with E-state index in [2.05, 4.69) is 29.1 Å². The van der Waals surface area contributed by atoms with E-state index in [0.29, 0.717) is 6.04 Å². The lowest BCUT2D eigenvalue weighted by Crippen LogP contribution is -2.16. The minimum absolute atomic E-state index is 0.343. The average molecular weight is 253 g/mol. The van der Waals surface area contributed by atoms with Crippen molar-refractivity contribution in [2.75, 3.05) is 0 Å². The Hall–Kier alpha value is -0.780. The van der Waals surface area contributed by atoms with Crippen molar-refractivity contribution < 1.29 is 0 Å². The molecule has 0 spiro atoms. The van der Waals surface area contributed by atoms with Crippen LogP contribution in [0.5, 0.6) is 0 Å². The van der Waals surface area contributed by atoms with Crippen molar-refractivity contribution >= 4 is 22.7 Å². The van der Waals surface area contributed by atoms with Gasteiger partial charge in [-0.25, -0.2) is 9.97 Å². The Bertz CT molecular complexity index is 461. The van der Waals surface area contributed by atoms with Crippen LogP contribution in [0.1, 0.15) is 32.7 Å². The molecule has 16 heavy (non-hydrogen) atoms. The molecule has 2 aromatic heterocycles. The lowest BCUT2D eigenvalue weighted by Gasteiger charge is -2.09. The number of hydrogen-bond donors (Lipinski definition) is 1. The van der Waals surface area contributed by atoms with Gasteiger partial charge in [0.25, 0.3) is 0 Å². The summed E-state index contributed by atoms with van der Waals surface area (Å²) < 4.78 is 0. The Morgan fingerprint density at radius 1 is 1.25 bits per heavy atom. The van der Waals surface area contributed by atoms with E-state index in [1.165, 1.54) is 9.75 Å². The molecule has 0 aliphatic carbocycles. The van der Waals surface area contributed by atoms with Crippen LogP contribution in [0, 0.1) is 13.8 Å². The van der Waals surface area contributed by atoms with E-state index in [1.807, 2.05) is 19.3 Å². The number of nitrogens with zero attached hydrogens (tertiary/aromatic N) is 2. The molecular formula is C11H15N3S2. The molecule has 2 rings (SSSR count). The Kier molecular flexibility index (Phi) is 3.68. The molecule has 1 atom stereocenters. The van der Waals surface area contributed by atoms with Crippen molar-refractivity contribution in [2.24, 2.45) is 0 Å². The summed E-state index contributed by atoms with van der Waals surface area (Å²) in [7, 11) is 0. The summed E-state index contributed by atoms with van der Waals surface area (Å²) in [6.07, 6.45) is 3.87. The number of aryl methyl sites for hydroxylation is 2. The number of nitrogens with one attached hydrogen (secondary N) is 1.